The van der Waals surface area contributed by atoms with Crippen LogP contribution in [0.25, 0.3) is 5.70 Å². The second kappa shape index (κ2) is 29.2. The van der Waals surface area contributed by atoms with Crippen molar-refractivity contribution in [2.45, 2.75) is 92.1 Å². The summed E-state index contributed by atoms with van der Waals surface area (Å²) in [6, 6.07) is 11.3. The zero-order valence-corrected chi connectivity index (χ0v) is 31.3. The van der Waals surface area contributed by atoms with E-state index < -0.39 is 16.8 Å². The Bertz CT molecular complexity index is 1190. The molecule has 0 saturated heterocycles. The van der Waals surface area contributed by atoms with Gasteiger partial charge in [-0.2, -0.15) is 9.52 Å². The van der Waals surface area contributed by atoms with Gasteiger partial charge in [-0.1, -0.05) is 63.9 Å². The van der Waals surface area contributed by atoms with Crippen molar-refractivity contribution in [1.29, 1.82) is 5.41 Å². The van der Waals surface area contributed by atoms with E-state index in [-0.39, 0.29) is 21.9 Å². The van der Waals surface area contributed by atoms with Crippen LogP contribution in [-0.2, 0) is 20.5 Å². The lowest BCUT2D eigenvalue weighted by atomic mass is 10.1. The van der Waals surface area contributed by atoms with Crippen molar-refractivity contribution in [1.82, 2.24) is 9.31 Å². The molecule has 1 N–H and O–H groups in total. The number of hydrogen-bond acceptors (Lipinski definition) is 6. The Morgan fingerprint density at radius 2 is 1.65 bits per heavy atom. The van der Waals surface area contributed by atoms with Gasteiger partial charge in [0.05, 0.1) is 16.2 Å². The number of unbranched alkanes of at least 4 members (excludes halogenated alkanes) is 1. The minimum absolute atomic E-state index is 0.0417. The molecule has 0 aromatic heterocycles. The molecule has 0 saturated carbocycles. The molecular weight excluding hydrogens is 625 g/mol. The monoisotopic (exact) mass is 681 g/mol. The molecule has 1 atom stereocenters. The van der Waals surface area contributed by atoms with E-state index in [1.807, 2.05) is 74.4 Å². The van der Waals surface area contributed by atoms with E-state index in [1.165, 1.54) is 22.6 Å². The van der Waals surface area contributed by atoms with Crippen molar-refractivity contribution >= 4 is 53.8 Å². The predicted molar refractivity (Wildman–Crippen MR) is 198 cm³/mol. The number of hydrogen-bond donors (Lipinski definition) is 1. The third kappa shape index (κ3) is 21.5. The maximum absolute atomic E-state index is 14.7. The molecule has 2 aromatic rings. The number of aliphatic imine (C=N–C) groups is 1. The first kappa shape index (κ1) is 47.2. The van der Waals surface area contributed by atoms with E-state index in [2.05, 4.69) is 16.8 Å². The molecule has 260 valence electrons. The average molecular weight is 682 g/mol. The number of nitrogens with one attached hydrogen (secondary N) is 1. The summed E-state index contributed by atoms with van der Waals surface area (Å²) in [5, 5.41) is 12.2. The van der Waals surface area contributed by atoms with Crippen LogP contribution >= 0.6 is 11.6 Å². The van der Waals surface area contributed by atoms with Gasteiger partial charge in [-0.25, -0.2) is 8.60 Å². The third-order valence-corrected chi connectivity index (χ3v) is 6.79. The van der Waals surface area contributed by atoms with Gasteiger partial charge in [-0.3, -0.25) is 4.79 Å². The molecule has 0 heterocycles. The van der Waals surface area contributed by atoms with Crippen molar-refractivity contribution < 1.29 is 18.1 Å². The zero-order valence-electron chi connectivity index (χ0n) is 29.8. The number of ether oxygens (including phenoxy) is 1. The maximum Gasteiger partial charge on any atom is 0.209 e. The first-order valence-corrected chi connectivity index (χ1v) is 16.9. The van der Waals surface area contributed by atoms with Gasteiger partial charge in [0.1, 0.15) is 5.82 Å². The molecule has 0 aliphatic carbocycles. The lowest BCUT2D eigenvalue weighted by molar-refractivity contribution is -0.118. The molecular formula is C35H57ClFN5O3S. The topological polar surface area (TPSA) is 98.4 Å². The van der Waals surface area contributed by atoms with Crippen LogP contribution in [0.15, 0.2) is 63.5 Å². The molecule has 0 aliphatic rings. The van der Waals surface area contributed by atoms with Gasteiger partial charge in [0.2, 0.25) is 6.41 Å². The molecule has 1 amide bonds. The summed E-state index contributed by atoms with van der Waals surface area (Å²) < 4.78 is 34.3. The Labute approximate surface area is 285 Å². The fraction of sp³-hybridized carbons (Fsp3) is 0.486. The summed E-state index contributed by atoms with van der Waals surface area (Å²) in [4.78, 5) is 16.5. The standard InChI is InChI=1S/C24H28ClFN4O2S.C5H12O.C2H5N.2C2H6/c1-3-15-29(18-31)16-5-4-14-28-30(33(32)21-9-6-19(2)7-10-21)24(12-13-27)22-11-8-20(25)17-23(22)26;1-5(2,3)6-4;1-3-2;2*1-2/h6-14,17-18,27H,3-5,15-16H2,1-2H3;1-4H3;1H2,2H3;2*1-2H3/b24-12+,27-13?,28-14+;;;;. The van der Waals surface area contributed by atoms with Gasteiger partial charge in [0, 0.05) is 50.3 Å². The van der Waals surface area contributed by atoms with E-state index in [0.717, 1.165) is 30.7 Å². The Morgan fingerprint density at radius 3 is 2.09 bits per heavy atom. The van der Waals surface area contributed by atoms with E-state index >= 15 is 0 Å². The smallest absolute Gasteiger partial charge is 0.209 e. The molecule has 0 bridgehead atoms. The van der Waals surface area contributed by atoms with Crippen LogP contribution in [0.1, 0.15) is 85.8 Å². The van der Waals surface area contributed by atoms with Gasteiger partial charge in [-0.15, -0.1) is 0 Å². The van der Waals surface area contributed by atoms with Gasteiger partial charge in [0.15, 0.2) is 11.0 Å². The molecule has 0 spiro atoms. The SMILES string of the molecule is C=NC.CC.CC.CCCN(C=O)CCC/C=N/N(/C(=C/C=N)c1ccc(Cl)cc1F)S(=O)c1ccc(C)cc1.COC(C)(C)C. The van der Waals surface area contributed by atoms with Crippen molar-refractivity contribution in [2.75, 3.05) is 27.2 Å². The van der Waals surface area contributed by atoms with E-state index in [1.54, 1.807) is 37.4 Å². The van der Waals surface area contributed by atoms with Crippen LogP contribution in [0, 0.1) is 18.2 Å². The molecule has 46 heavy (non-hydrogen) atoms. The number of carbonyl (C=O) groups excluding carboxylic acids is 1. The Balaban J connectivity index is -0.00000122. The normalized spacial score (nSPS) is 11.1. The number of nitrogens with zero attached hydrogens (tertiary/aromatic N) is 4. The van der Waals surface area contributed by atoms with Crippen molar-refractivity contribution in [3.05, 3.63) is 70.5 Å². The van der Waals surface area contributed by atoms with Crippen LogP contribution in [0.2, 0.25) is 5.02 Å². The average Bonchev–Trinajstić information content (AvgIpc) is 3.04. The fourth-order valence-corrected chi connectivity index (χ4v) is 4.22. The highest BCUT2D eigenvalue weighted by molar-refractivity contribution is 7.83. The lowest BCUT2D eigenvalue weighted by Gasteiger charge is -2.22. The summed E-state index contributed by atoms with van der Waals surface area (Å²) in [5.41, 5.74) is 1.34. The lowest BCUT2D eigenvalue weighted by Crippen LogP contribution is -2.24. The van der Waals surface area contributed by atoms with E-state index in [0.29, 0.717) is 30.8 Å². The van der Waals surface area contributed by atoms with Crippen LogP contribution in [0.4, 0.5) is 4.39 Å². The van der Waals surface area contributed by atoms with Crippen LogP contribution in [0.3, 0.4) is 0 Å². The number of benzene rings is 2. The molecule has 0 fully saturated rings. The summed E-state index contributed by atoms with van der Waals surface area (Å²) in [7, 11) is 1.55. The first-order valence-electron chi connectivity index (χ1n) is 15.5. The van der Waals surface area contributed by atoms with Gasteiger partial charge >= 0.3 is 0 Å². The highest BCUT2D eigenvalue weighted by atomic mass is 35.5. The summed E-state index contributed by atoms with van der Waals surface area (Å²) in [6.07, 6.45) is 6.82. The second-order valence-electron chi connectivity index (χ2n) is 9.89. The van der Waals surface area contributed by atoms with Gasteiger partial charge < -0.3 is 20.0 Å². The van der Waals surface area contributed by atoms with Crippen LogP contribution in [0.5, 0.6) is 0 Å². The summed E-state index contributed by atoms with van der Waals surface area (Å²) in [5.74, 6) is -0.613. The molecule has 2 aromatic carbocycles. The van der Waals surface area contributed by atoms with Crippen LogP contribution in [-0.4, -0.2) is 71.9 Å². The Morgan fingerprint density at radius 1 is 1.11 bits per heavy atom. The quantitative estimate of drug-likeness (QED) is 0.0987. The van der Waals surface area contributed by atoms with Gasteiger partial charge in [0.25, 0.3) is 0 Å². The minimum Gasteiger partial charge on any atom is -0.379 e. The Hall–Kier alpha value is -3.21. The molecule has 0 radical (unpaired) electrons. The molecule has 1 unspecified atom stereocenters. The largest absolute Gasteiger partial charge is 0.379 e. The number of methoxy groups -OCH3 is 1. The minimum atomic E-state index is -1.80. The first-order chi connectivity index (χ1) is 21.9. The van der Waals surface area contributed by atoms with E-state index in [4.69, 9.17) is 21.7 Å². The van der Waals surface area contributed by atoms with Crippen molar-refractivity contribution in [3.8, 4) is 0 Å². The fourth-order valence-electron chi connectivity index (χ4n) is 3.00. The zero-order chi connectivity index (χ0) is 36.1. The number of halogens is 2. The summed E-state index contributed by atoms with van der Waals surface area (Å²) >= 11 is 5.89. The number of aryl methyl sites for hydroxylation is 1. The highest BCUT2D eigenvalue weighted by Crippen LogP contribution is 2.28. The highest BCUT2D eigenvalue weighted by Gasteiger charge is 2.22. The molecule has 2 rings (SSSR count). The number of hydrazone groups is 1. The summed E-state index contributed by atoms with van der Waals surface area (Å²) in [6.45, 7) is 22.4. The maximum atomic E-state index is 14.7. The molecule has 8 nitrogen and oxygen atoms in total. The van der Waals surface area contributed by atoms with E-state index in [9.17, 15) is 13.4 Å². The van der Waals surface area contributed by atoms with Crippen molar-refractivity contribution in [2.24, 2.45) is 10.1 Å². The van der Waals surface area contributed by atoms with Crippen molar-refractivity contribution in [3.63, 3.8) is 0 Å². The number of rotatable bonds is 13. The number of amides is 1. The molecule has 11 heteroatoms. The number of allylic oxidation sites excluding steroid dienone is 1. The third-order valence-electron chi connectivity index (χ3n) is 5.27. The number of carbonyl (C=O) groups is 1. The van der Waals surface area contributed by atoms with Crippen LogP contribution < -0.4 is 0 Å². The predicted octanol–water partition coefficient (Wildman–Crippen LogP) is 9.24. The Kier molecular flexibility index (Phi) is 30.0. The van der Waals surface area contributed by atoms with Gasteiger partial charge in [-0.05, 0) is 90.1 Å². The molecule has 0 aliphatic heterocycles. The second-order valence-corrected chi connectivity index (χ2v) is 11.6.